The average Bonchev–Trinajstić information content (AvgIpc) is 2.95. The Bertz CT molecular complexity index is 731. The molecule has 0 atom stereocenters. The molecule has 0 saturated carbocycles. The molecule has 0 fully saturated rings. The molecule has 1 aromatic carbocycles. The summed E-state index contributed by atoms with van der Waals surface area (Å²) in [5.74, 6) is -1.28. The molecule has 0 aliphatic carbocycles. The minimum Gasteiger partial charge on any atom is -0.451 e. The number of rotatable bonds is 5. The van der Waals surface area contributed by atoms with Gasteiger partial charge in [-0.05, 0) is 24.3 Å². The van der Waals surface area contributed by atoms with Crippen molar-refractivity contribution in [2.45, 2.75) is 0 Å². The zero-order valence-electron chi connectivity index (χ0n) is 10.9. The minimum atomic E-state index is -0.775. The third kappa shape index (κ3) is 4.37. The molecule has 9 heteroatoms. The number of hydrogen-bond acceptors (Lipinski definition) is 6. The Morgan fingerprint density at radius 2 is 2.09 bits per heavy atom. The van der Waals surface area contributed by atoms with E-state index in [9.17, 15) is 19.7 Å². The number of hydrogen-bond donors (Lipinski definition) is 1. The first-order valence-corrected chi connectivity index (χ1v) is 7.53. The van der Waals surface area contributed by atoms with Gasteiger partial charge in [0.1, 0.15) is 4.88 Å². The van der Waals surface area contributed by atoms with Crippen LogP contribution in [0.15, 0.2) is 40.9 Å². The van der Waals surface area contributed by atoms with Gasteiger partial charge in [0.25, 0.3) is 5.91 Å². The van der Waals surface area contributed by atoms with Gasteiger partial charge in [-0.15, -0.1) is 0 Å². The van der Waals surface area contributed by atoms with Gasteiger partial charge < -0.3 is 10.1 Å². The number of thiophene rings is 1. The predicted molar refractivity (Wildman–Crippen MR) is 84.0 cm³/mol. The van der Waals surface area contributed by atoms with Gasteiger partial charge in [-0.1, -0.05) is 33.3 Å². The summed E-state index contributed by atoms with van der Waals surface area (Å²) < 4.78 is 5.61. The lowest BCUT2D eigenvalue weighted by Crippen LogP contribution is -2.20. The summed E-state index contributed by atoms with van der Waals surface area (Å²) in [6.07, 6.45) is 0. The lowest BCUT2D eigenvalue weighted by atomic mass is 10.3. The first-order chi connectivity index (χ1) is 10.5. The van der Waals surface area contributed by atoms with Crippen molar-refractivity contribution < 1.29 is 19.2 Å². The van der Waals surface area contributed by atoms with Gasteiger partial charge in [0.2, 0.25) is 0 Å². The maximum Gasteiger partial charge on any atom is 0.349 e. The molecule has 0 bridgehead atoms. The van der Waals surface area contributed by atoms with E-state index >= 15 is 0 Å². The van der Waals surface area contributed by atoms with E-state index in [4.69, 9.17) is 4.74 Å². The van der Waals surface area contributed by atoms with E-state index < -0.39 is 23.4 Å². The molecule has 7 nitrogen and oxygen atoms in total. The van der Waals surface area contributed by atoms with E-state index in [1.54, 1.807) is 24.3 Å². The monoisotopic (exact) mass is 384 g/mol. The van der Waals surface area contributed by atoms with Crippen molar-refractivity contribution in [3.63, 3.8) is 0 Å². The zero-order chi connectivity index (χ0) is 16.1. The number of ether oxygens (including phenoxy) is 1. The van der Waals surface area contributed by atoms with Crippen molar-refractivity contribution in [2.75, 3.05) is 11.9 Å². The van der Waals surface area contributed by atoms with Crippen LogP contribution >= 0.6 is 27.3 Å². The van der Waals surface area contributed by atoms with E-state index in [0.717, 1.165) is 4.47 Å². The summed E-state index contributed by atoms with van der Waals surface area (Å²) >= 11 is 3.96. The van der Waals surface area contributed by atoms with E-state index in [-0.39, 0.29) is 9.88 Å². The first kappa shape index (κ1) is 16.1. The van der Waals surface area contributed by atoms with Crippen molar-refractivity contribution in [3.8, 4) is 0 Å². The van der Waals surface area contributed by atoms with Crippen LogP contribution in [-0.2, 0) is 9.53 Å². The van der Waals surface area contributed by atoms with E-state index in [1.165, 1.54) is 12.1 Å². The minimum absolute atomic E-state index is 0.0713. The highest BCUT2D eigenvalue weighted by molar-refractivity contribution is 9.10. The van der Waals surface area contributed by atoms with Crippen LogP contribution in [0.4, 0.5) is 10.7 Å². The van der Waals surface area contributed by atoms with Crippen LogP contribution in [-0.4, -0.2) is 23.4 Å². The molecule has 0 spiro atoms. The standard InChI is InChI=1S/C13H9BrN2O5S/c14-8-2-1-3-9(6-8)15-11(17)7-21-13(18)10-4-5-12(22-10)16(19)20/h1-6H,7H2,(H,15,17). The lowest BCUT2D eigenvalue weighted by molar-refractivity contribution is -0.380. The van der Waals surface area contributed by atoms with Crippen LogP contribution in [0.1, 0.15) is 9.67 Å². The molecule has 1 aromatic heterocycles. The van der Waals surface area contributed by atoms with Crippen LogP contribution in [0, 0.1) is 10.1 Å². The van der Waals surface area contributed by atoms with Gasteiger partial charge in [0.05, 0.1) is 4.92 Å². The molecule has 0 aliphatic heterocycles. The Labute approximate surface area is 137 Å². The summed E-state index contributed by atoms with van der Waals surface area (Å²) in [6.45, 7) is -0.475. The summed E-state index contributed by atoms with van der Waals surface area (Å²) in [5, 5.41) is 12.9. The molecular formula is C13H9BrN2O5S. The van der Waals surface area contributed by atoms with Gasteiger partial charge in [-0.3, -0.25) is 14.9 Å². The molecule has 0 unspecified atom stereocenters. The summed E-state index contributed by atoms with van der Waals surface area (Å²) in [7, 11) is 0. The number of esters is 1. The molecule has 1 heterocycles. The second kappa shape index (κ2) is 7.14. The van der Waals surface area contributed by atoms with Gasteiger partial charge in [-0.2, -0.15) is 0 Å². The Balaban J connectivity index is 1.87. The largest absolute Gasteiger partial charge is 0.451 e. The fourth-order valence-corrected chi connectivity index (χ4v) is 2.61. The van der Waals surface area contributed by atoms with Crippen molar-refractivity contribution in [2.24, 2.45) is 0 Å². The van der Waals surface area contributed by atoms with Crippen molar-refractivity contribution in [1.82, 2.24) is 0 Å². The number of amides is 1. The molecule has 1 amide bonds. The molecule has 0 saturated heterocycles. The summed E-state index contributed by atoms with van der Waals surface area (Å²) in [5.41, 5.74) is 0.558. The SMILES string of the molecule is O=C(COC(=O)c1ccc([N+](=O)[O-])s1)Nc1cccc(Br)c1. The number of nitrogens with one attached hydrogen (secondary N) is 1. The van der Waals surface area contributed by atoms with Gasteiger partial charge in [0, 0.05) is 16.2 Å². The topological polar surface area (TPSA) is 98.5 Å². The molecule has 0 aliphatic rings. The molecule has 0 radical (unpaired) electrons. The maximum absolute atomic E-state index is 11.7. The number of anilines is 1. The van der Waals surface area contributed by atoms with Crippen LogP contribution in [0.25, 0.3) is 0 Å². The highest BCUT2D eigenvalue weighted by atomic mass is 79.9. The number of nitrogens with zero attached hydrogens (tertiary/aromatic N) is 1. The normalized spacial score (nSPS) is 10.0. The molecule has 2 rings (SSSR count). The third-order valence-corrected chi connectivity index (χ3v) is 3.93. The quantitative estimate of drug-likeness (QED) is 0.484. The Hall–Kier alpha value is -2.26. The second-order valence-corrected chi connectivity index (χ2v) is 6.01. The molecule has 2 aromatic rings. The van der Waals surface area contributed by atoms with E-state index in [1.807, 2.05) is 0 Å². The summed E-state index contributed by atoms with van der Waals surface area (Å²) in [6, 6.07) is 9.44. The summed E-state index contributed by atoms with van der Waals surface area (Å²) in [4.78, 5) is 33.3. The number of nitro groups is 1. The Morgan fingerprint density at radius 3 is 2.73 bits per heavy atom. The molecule has 114 valence electrons. The number of halogens is 1. The van der Waals surface area contributed by atoms with Crippen LogP contribution < -0.4 is 5.32 Å². The average molecular weight is 385 g/mol. The van der Waals surface area contributed by atoms with Crippen LogP contribution in [0.5, 0.6) is 0 Å². The molecule has 1 N–H and O–H groups in total. The smallest absolute Gasteiger partial charge is 0.349 e. The van der Waals surface area contributed by atoms with Crippen LogP contribution in [0.3, 0.4) is 0 Å². The second-order valence-electron chi connectivity index (χ2n) is 4.03. The number of benzene rings is 1. The number of carbonyl (C=O) groups is 2. The zero-order valence-corrected chi connectivity index (χ0v) is 13.3. The van der Waals surface area contributed by atoms with Gasteiger partial charge >= 0.3 is 11.0 Å². The third-order valence-electron chi connectivity index (χ3n) is 2.42. The van der Waals surface area contributed by atoms with E-state index in [0.29, 0.717) is 17.0 Å². The molecule has 22 heavy (non-hydrogen) atoms. The highest BCUT2D eigenvalue weighted by Gasteiger charge is 2.17. The maximum atomic E-state index is 11.7. The number of carbonyl (C=O) groups excluding carboxylic acids is 2. The molecular weight excluding hydrogens is 376 g/mol. The fourth-order valence-electron chi connectivity index (χ4n) is 1.50. The van der Waals surface area contributed by atoms with E-state index in [2.05, 4.69) is 21.2 Å². The Kier molecular flexibility index (Phi) is 5.23. The predicted octanol–water partition coefficient (Wildman–Crippen LogP) is 3.21. The van der Waals surface area contributed by atoms with Crippen molar-refractivity contribution in [1.29, 1.82) is 0 Å². The van der Waals surface area contributed by atoms with Crippen LogP contribution in [0.2, 0.25) is 0 Å². The fraction of sp³-hybridized carbons (Fsp3) is 0.0769. The van der Waals surface area contributed by atoms with Gasteiger partial charge in [-0.25, -0.2) is 4.79 Å². The lowest BCUT2D eigenvalue weighted by Gasteiger charge is -2.06. The first-order valence-electron chi connectivity index (χ1n) is 5.92. The van der Waals surface area contributed by atoms with Crippen molar-refractivity contribution >= 4 is 49.8 Å². The van der Waals surface area contributed by atoms with Gasteiger partial charge in [0.15, 0.2) is 6.61 Å². The Morgan fingerprint density at radius 1 is 1.32 bits per heavy atom. The van der Waals surface area contributed by atoms with Crippen molar-refractivity contribution in [3.05, 3.63) is 55.9 Å². The highest BCUT2D eigenvalue weighted by Crippen LogP contribution is 2.24.